The molecule has 0 aromatic carbocycles. The van der Waals surface area contributed by atoms with Gasteiger partial charge in [0, 0.05) is 6.92 Å². The van der Waals surface area contributed by atoms with Gasteiger partial charge in [0.05, 0.1) is 0 Å². The van der Waals surface area contributed by atoms with Crippen molar-refractivity contribution in [3.8, 4) is 0 Å². The third-order valence-corrected chi connectivity index (χ3v) is 0.700. The van der Waals surface area contributed by atoms with Gasteiger partial charge in [0.2, 0.25) is 6.23 Å². The minimum atomic E-state index is -1.16. The van der Waals surface area contributed by atoms with E-state index in [9.17, 15) is 4.79 Å². The Hall–Kier alpha value is -0.300. The fraction of sp³-hybridized carbons (Fsp3) is 0.500. The van der Waals surface area contributed by atoms with Gasteiger partial charge in [-0.25, -0.2) is 0 Å². The van der Waals surface area contributed by atoms with E-state index in [4.69, 9.17) is 16.7 Å². The molecular weight excluding hydrogens is 161 g/mol. The van der Waals surface area contributed by atoms with E-state index in [1.807, 2.05) is 0 Å². The van der Waals surface area contributed by atoms with Crippen molar-refractivity contribution in [3.63, 3.8) is 0 Å². The van der Waals surface area contributed by atoms with Crippen molar-refractivity contribution in [3.05, 3.63) is 0 Å². The normalized spacial score (nSPS) is 13.1. The second-order valence-corrected chi connectivity index (χ2v) is 1.55. The molecule has 0 aliphatic carbocycles. The smallest absolute Gasteiger partial charge is 1.00 e. The number of rotatable bonds is 2. The Kier molecular flexibility index (Phi) is 7.75. The molecule has 1 unspecified atom stereocenters. The summed E-state index contributed by atoms with van der Waals surface area (Å²) in [5, 5.41) is 10.5. The zero-order chi connectivity index (χ0) is 8.15. The first-order chi connectivity index (χ1) is 4.57. The number of hydrogen-bond donors (Lipinski definition) is 3. The zero-order valence-electron chi connectivity index (χ0n) is 7.44. The molecular formula is C4H10N3NaO3. The van der Waals surface area contributed by atoms with Crippen molar-refractivity contribution >= 4 is 11.8 Å². The van der Waals surface area contributed by atoms with Crippen molar-refractivity contribution < 1.29 is 45.7 Å². The molecule has 0 rings (SSSR count). The SMILES string of the molecule is CC(=O)OC(N)C(N)=NO.[H-].[Na+]. The quantitative estimate of drug-likeness (QED) is 0.0740. The van der Waals surface area contributed by atoms with Crippen LogP contribution >= 0.6 is 0 Å². The van der Waals surface area contributed by atoms with Crippen LogP contribution in [-0.2, 0) is 9.53 Å². The molecule has 0 amide bonds. The Labute approximate surface area is 87.3 Å². The van der Waals surface area contributed by atoms with E-state index in [0.717, 1.165) is 0 Å². The summed E-state index contributed by atoms with van der Waals surface area (Å²) in [4.78, 5) is 10.2. The third kappa shape index (κ3) is 6.11. The predicted molar refractivity (Wildman–Crippen MR) is 34.3 cm³/mol. The summed E-state index contributed by atoms with van der Waals surface area (Å²) < 4.78 is 4.33. The van der Waals surface area contributed by atoms with E-state index in [2.05, 4.69) is 9.89 Å². The van der Waals surface area contributed by atoms with Gasteiger partial charge in [0.15, 0.2) is 5.84 Å². The summed E-state index contributed by atoms with van der Waals surface area (Å²) in [6.07, 6.45) is -1.16. The maximum atomic E-state index is 10.2. The molecule has 0 saturated carbocycles. The Morgan fingerprint density at radius 1 is 1.82 bits per heavy atom. The monoisotopic (exact) mass is 171 g/mol. The van der Waals surface area contributed by atoms with Crippen LogP contribution in [0.3, 0.4) is 0 Å². The van der Waals surface area contributed by atoms with E-state index >= 15 is 0 Å². The molecule has 7 heteroatoms. The Bertz CT molecular complexity index is 166. The predicted octanol–water partition coefficient (Wildman–Crippen LogP) is -4.30. The van der Waals surface area contributed by atoms with E-state index in [-0.39, 0.29) is 36.8 Å². The second kappa shape index (κ2) is 6.41. The van der Waals surface area contributed by atoms with Crippen LogP contribution in [0.5, 0.6) is 0 Å². The standard InChI is InChI=1S/C4H9N3O3.Na.H/c1-2(8)10-4(6)3(5)7-9;;/h4,9H,6H2,1H3,(H2,5,7);;/q;+1;-1. The molecule has 0 fully saturated rings. The molecule has 0 aromatic heterocycles. The summed E-state index contributed by atoms with van der Waals surface area (Å²) in [5.74, 6) is -0.922. The van der Waals surface area contributed by atoms with Gasteiger partial charge in [0.25, 0.3) is 0 Å². The number of carbonyl (C=O) groups excluding carboxylic acids is 1. The molecule has 0 heterocycles. The van der Waals surface area contributed by atoms with Gasteiger partial charge in [0.1, 0.15) is 0 Å². The minimum Gasteiger partial charge on any atom is -1.00 e. The number of nitrogens with two attached hydrogens (primary N) is 2. The number of hydrogen-bond acceptors (Lipinski definition) is 5. The maximum absolute atomic E-state index is 10.2. The summed E-state index contributed by atoms with van der Waals surface area (Å²) in [6, 6.07) is 0. The molecule has 0 radical (unpaired) electrons. The van der Waals surface area contributed by atoms with Crippen LogP contribution in [0.15, 0.2) is 5.16 Å². The van der Waals surface area contributed by atoms with Crippen molar-refractivity contribution in [2.45, 2.75) is 13.2 Å². The van der Waals surface area contributed by atoms with Gasteiger partial charge in [-0.05, 0) is 0 Å². The largest absolute Gasteiger partial charge is 1.00 e. The number of ether oxygens (including phenoxy) is 1. The molecule has 11 heavy (non-hydrogen) atoms. The van der Waals surface area contributed by atoms with Gasteiger partial charge in [-0.15, -0.1) is 0 Å². The molecule has 0 aliphatic heterocycles. The van der Waals surface area contributed by atoms with Gasteiger partial charge in [-0.3, -0.25) is 10.5 Å². The first-order valence-corrected chi connectivity index (χ1v) is 2.48. The van der Waals surface area contributed by atoms with Crippen molar-refractivity contribution in [2.24, 2.45) is 16.6 Å². The molecule has 6 nitrogen and oxygen atoms in total. The summed E-state index contributed by atoms with van der Waals surface area (Å²) in [6.45, 7) is 1.17. The van der Waals surface area contributed by atoms with Crippen LogP contribution in [0.2, 0.25) is 0 Å². The Morgan fingerprint density at radius 3 is 2.55 bits per heavy atom. The van der Waals surface area contributed by atoms with Gasteiger partial charge >= 0.3 is 35.5 Å². The van der Waals surface area contributed by atoms with Gasteiger partial charge < -0.3 is 17.1 Å². The van der Waals surface area contributed by atoms with Crippen LogP contribution < -0.4 is 41.0 Å². The molecule has 0 saturated heterocycles. The summed E-state index contributed by atoms with van der Waals surface area (Å²) >= 11 is 0. The summed E-state index contributed by atoms with van der Waals surface area (Å²) in [5.41, 5.74) is 10.0. The molecule has 5 N–H and O–H groups in total. The second-order valence-electron chi connectivity index (χ2n) is 1.55. The average Bonchev–Trinajstić information content (AvgIpc) is 1.85. The average molecular weight is 171 g/mol. The summed E-state index contributed by atoms with van der Waals surface area (Å²) in [7, 11) is 0. The minimum absolute atomic E-state index is 0. The molecule has 0 spiro atoms. The van der Waals surface area contributed by atoms with Crippen molar-refractivity contribution in [1.29, 1.82) is 0 Å². The number of carbonyl (C=O) groups is 1. The van der Waals surface area contributed by atoms with E-state index in [0.29, 0.717) is 0 Å². The molecule has 0 bridgehead atoms. The van der Waals surface area contributed by atoms with Gasteiger partial charge in [-0.2, -0.15) is 0 Å². The van der Waals surface area contributed by atoms with Crippen LogP contribution in [0.1, 0.15) is 8.35 Å². The molecule has 60 valence electrons. The molecule has 0 aliphatic rings. The van der Waals surface area contributed by atoms with Crippen molar-refractivity contribution in [1.82, 2.24) is 0 Å². The number of nitrogens with zero attached hydrogens (tertiary/aromatic N) is 1. The van der Waals surface area contributed by atoms with Gasteiger partial charge in [-0.1, -0.05) is 5.16 Å². The van der Waals surface area contributed by atoms with Crippen LogP contribution in [-0.4, -0.2) is 23.2 Å². The van der Waals surface area contributed by atoms with Crippen LogP contribution in [0.4, 0.5) is 0 Å². The first kappa shape index (κ1) is 13.3. The van der Waals surface area contributed by atoms with E-state index < -0.39 is 12.2 Å². The van der Waals surface area contributed by atoms with Crippen molar-refractivity contribution in [2.75, 3.05) is 0 Å². The zero-order valence-corrected chi connectivity index (χ0v) is 8.44. The Morgan fingerprint density at radius 2 is 2.27 bits per heavy atom. The van der Waals surface area contributed by atoms with E-state index in [1.165, 1.54) is 6.92 Å². The topological polar surface area (TPSA) is 111 Å². The van der Waals surface area contributed by atoms with E-state index in [1.54, 1.807) is 0 Å². The number of oxime groups is 1. The number of esters is 1. The fourth-order valence-electron chi connectivity index (χ4n) is 0.296. The third-order valence-electron chi connectivity index (χ3n) is 0.700. The first-order valence-electron chi connectivity index (χ1n) is 2.48. The maximum Gasteiger partial charge on any atom is 1.00 e. The van der Waals surface area contributed by atoms with Crippen LogP contribution in [0, 0.1) is 0 Å². The molecule has 1 atom stereocenters. The fourth-order valence-corrected chi connectivity index (χ4v) is 0.296. The molecule has 0 aromatic rings. The Balaban J connectivity index is -0.000000405. The number of amidine groups is 1. The van der Waals surface area contributed by atoms with Crippen LogP contribution in [0.25, 0.3) is 0 Å².